The molecule has 14 nitrogen and oxygen atoms in total. The summed E-state index contributed by atoms with van der Waals surface area (Å²) in [5.74, 6) is -1.94. The van der Waals surface area contributed by atoms with E-state index in [1.54, 1.807) is 44.9 Å². The van der Waals surface area contributed by atoms with E-state index in [2.05, 4.69) is 16.0 Å². The molecule has 3 N–H and O–H groups in total. The lowest BCUT2D eigenvalue weighted by Gasteiger charge is -2.40. The number of carbonyl (C=O) groups excluding carboxylic acids is 5. The van der Waals surface area contributed by atoms with Gasteiger partial charge >= 0.3 is 0 Å². The molecule has 1 saturated heterocycles. The van der Waals surface area contributed by atoms with E-state index in [4.69, 9.17) is 14.2 Å². The number of nitrogens with zero attached hydrogens (tertiary/aromatic N) is 3. The van der Waals surface area contributed by atoms with Crippen molar-refractivity contribution in [2.75, 3.05) is 61.7 Å². The van der Waals surface area contributed by atoms with Crippen LogP contribution in [0.2, 0.25) is 0 Å². The molecule has 0 saturated carbocycles. The molecular weight excluding hydrogens is 741 g/mol. The Kier molecular flexibility index (Phi) is 22.5. The van der Waals surface area contributed by atoms with Gasteiger partial charge in [0.2, 0.25) is 29.5 Å². The zero-order valence-corrected chi connectivity index (χ0v) is 37.5. The highest BCUT2D eigenvalue weighted by atomic mass is 16.5. The number of hydrogen-bond acceptors (Lipinski definition) is 9. The van der Waals surface area contributed by atoms with Crippen molar-refractivity contribution in [2.24, 2.45) is 17.8 Å². The number of likely N-dealkylation sites (N-methyl/N-ethyl adjacent to an activating group) is 2. The van der Waals surface area contributed by atoms with Gasteiger partial charge in [-0.05, 0) is 64.1 Å². The predicted molar refractivity (Wildman–Crippen MR) is 227 cm³/mol. The van der Waals surface area contributed by atoms with Crippen molar-refractivity contribution in [1.29, 1.82) is 0 Å². The molecule has 58 heavy (non-hydrogen) atoms. The monoisotopic (exact) mass is 817 g/mol. The van der Waals surface area contributed by atoms with Crippen LogP contribution in [-0.4, -0.2) is 148 Å². The van der Waals surface area contributed by atoms with Gasteiger partial charge in [-0.2, -0.15) is 0 Å². The third-order valence-electron chi connectivity index (χ3n) is 11.5. The second-order valence-corrected chi connectivity index (χ2v) is 16.5. The molecule has 9 atom stereocenters. The molecule has 330 valence electrons. The fourth-order valence-electron chi connectivity index (χ4n) is 8.22. The minimum absolute atomic E-state index is 0.0102. The van der Waals surface area contributed by atoms with Gasteiger partial charge in [-0.15, -0.1) is 0 Å². The number of methoxy groups -OCH3 is 2. The summed E-state index contributed by atoms with van der Waals surface area (Å²) < 4.78 is 17.5. The quantitative estimate of drug-likeness (QED) is 0.119. The van der Waals surface area contributed by atoms with Crippen molar-refractivity contribution in [1.82, 2.24) is 30.7 Å². The van der Waals surface area contributed by atoms with Crippen LogP contribution in [0.25, 0.3) is 0 Å². The van der Waals surface area contributed by atoms with Crippen molar-refractivity contribution in [3.8, 4) is 0 Å². The average molecular weight is 817 g/mol. The van der Waals surface area contributed by atoms with E-state index < -0.39 is 42.3 Å². The summed E-state index contributed by atoms with van der Waals surface area (Å²) in [5.41, 5.74) is 0.914. The Morgan fingerprint density at radius 1 is 0.879 bits per heavy atom. The summed E-state index contributed by atoms with van der Waals surface area (Å²) in [6.45, 7) is 15.6. The summed E-state index contributed by atoms with van der Waals surface area (Å²) in [6, 6.07) is 6.71. The molecule has 0 bridgehead atoms. The van der Waals surface area contributed by atoms with Crippen molar-refractivity contribution in [2.45, 2.75) is 136 Å². The number of ether oxygens (including phenoxy) is 3. The Balaban J connectivity index is 2.22. The van der Waals surface area contributed by atoms with Crippen LogP contribution in [0, 0.1) is 17.8 Å². The van der Waals surface area contributed by atoms with E-state index in [0.29, 0.717) is 45.6 Å². The first-order chi connectivity index (χ1) is 27.5. The second-order valence-electron chi connectivity index (χ2n) is 16.5. The van der Waals surface area contributed by atoms with E-state index in [9.17, 15) is 24.0 Å². The Bertz CT molecular complexity index is 1410. The number of carbonyl (C=O) groups is 5. The zero-order chi connectivity index (χ0) is 43.5. The van der Waals surface area contributed by atoms with Gasteiger partial charge in [-0.25, -0.2) is 0 Å². The van der Waals surface area contributed by atoms with Crippen LogP contribution in [0.4, 0.5) is 0 Å². The van der Waals surface area contributed by atoms with Gasteiger partial charge in [-0.3, -0.25) is 28.9 Å². The lowest BCUT2D eigenvalue weighted by molar-refractivity contribution is -0.147. The van der Waals surface area contributed by atoms with Gasteiger partial charge in [0.1, 0.15) is 12.1 Å². The van der Waals surface area contributed by atoms with Crippen LogP contribution in [0.5, 0.6) is 0 Å². The van der Waals surface area contributed by atoms with Crippen molar-refractivity contribution in [3.05, 3.63) is 35.9 Å². The number of hydrogen-bond donors (Lipinski definition) is 3. The lowest BCUT2D eigenvalue weighted by Crippen LogP contribution is -2.58. The van der Waals surface area contributed by atoms with E-state index in [1.165, 1.54) is 0 Å². The highest BCUT2D eigenvalue weighted by Gasteiger charge is 2.43. The summed E-state index contributed by atoms with van der Waals surface area (Å²) in [6.07, 6.45) is 2.74. The lowest BCUT2D eigenvalue weighted by atomic mass is 9.90. The predicted octanol–water partition coefficient (Wildman–Crippen LogP) is 3.66. The third-order valence-corrected chi connectivity index (χ3v) is 11.5. The second kappa shape index (κ2) is 25.8. The highest BCUT2D eigenvalue weighted by Crippen LogP contribution is 2.29. The fraction of sp³-hybridized carbons (Fsp3) is 0.750. The molecule has 1 fully saturated rings. The normalized spacial score (nSPS) is 18.4. The van der Waals surface area contributed by atoms with Crippen LogP contribution >= 0.6 is 0 Å². The van der Waals surface area contributed by atoms with Crippen LogP contribution < -0.4 is 16.0 Å². The minimum Gasteiger partial charge on any atom is -0.381 e. The molecule has 1 aliphatic rings. The zero-order valence-electron chi connectivity index (χ0n) is 37.5. The first kappa shape index (κ1) is 50.6. The maximum absolute atomic E-state index is 14.2. The maximum atomic E-state index is 14.2. The minimum atomic E-state index is -0.812. The van der Waals surface area contributed by atoms with Gasteiger partial charge in [0, 0.05) is 54.0 Å². The molecule has 1 aliphatic heterocycles. The van der Waals surface area contributed by atoms with Gasteiger partial charge in [0.05, 0.1) is 42.7 Å². The topological polar surface area (TPSA) is 159 Å². The van der Waals surface area contributed by atoms with E-state index >= 15 is 0 Å². The Morgan fingerprint density at radius 2 is 1.55 bits per heavy atom. The maximum Gasteiger partial charge on any atom is 0.244 e. The summed E-state index contributed by atoms with van der Waals surface area (Å²) in [4.78, 5) is 73.9. The number of likely N-dealkylation sites (tertiary alicyclic amines) is 1. The van der Waals surface area contributed by atoms with Crippen molar-refractivity contribution < 1.29 is 38.2 Å². The van der Waals surface area contributed by atoms with Gasteiger partial charge < -0.3 is 40.0 Å². The molecule has 0 aromatic heterocycles. The fourth-order valence-corrected chi connectivity index (χ4v) is 8.22. The van der Waals surface area contributed by atoms with Crippen molar-refractivity contribution in [3.63, 3.8) is 0 Å². The summed E-state index contributed by atoms with van der Waals surface area (Å²) >= 11 is 0. The van der Waals surface area contributed by atoms with Crippen LogP contribution in [0.1, 0.15) is 92.6 Å². The van der Waals surface area contributed by atoms with Gasteiger partial charge in [0.15, 0.2) is 0 Å². The standard InChI is InChI=1S/C44H76N6O8/c1-13-25-58-26-19-23-45-42(53)34(27-33-20-16-15-17-21-33)47-41(52)31(6)40(57-12)35-22-18-24-50(35)37(51)28-36(56-11)39(30(5)14-2)49(10)44(55)32(7)46-43(54)38(29(3)4)48(8)9/h15-17,20-21,29-32,34-36,38-40H,13-14,18-19,22-28H2,1-12H3,(H,45,53)(H,46,54)(H,47,52)/t30-,31+,32-,34?,35-,36+,38-,39-,40+/m0/s1. The molecular formula is C44H76N6O8. The molecule has 1 unspecified atom stereocenters. The van der Waals surface area contributed by atoms with Crippen LogP contribution in [0.3, 0.4) is 0 Å². The smallest absolute Gasteiger partial charge is 0.244 e. The first-order valence-electron chi connectivity index (χ1n) is 21.3. The Labute approximate surface area is 348 Å². The number of benzene rings is 1. The van der Waals surface area contributed by atoms with Crippen molar-refractivity contribution >= 4 is 29.5 Å². The third kappa shape index (κ3) is 14.9. The number of rotatable bonds is 26. The van der Waals surface area contributed by atoms with E-state index in [0.717, 1.165) is 24.8 Å². The molecule has 2 rings (SSSR count). The molecule has 0 aliphatic carbocycles. The molecule has 14 heteroatoms. The summed E-state index contributed by atoms with van der Waals surface area (Å²) in [5, 5.41) is 8.86. The molecule has 5 amide bonds. The molecule has 1 aromatic carbocycles. The Morgan fingerprint density at radius 3 is 2.12 bits per heavy atom. The van der Waals surface area contributed by atoms with E-state index in [-0.39, 0.29) is 53.8 Å². The van der Waals surface area contributed by atoms with Gasteiger partial charge in [-0.1, -0.05) is 78.3 Å². The van der Waals surface area contributed by atoms with Gasteiger partial charge in [0.25, 0.3) is 0 Å². The first-order valence-corrected chi connectivity index (χ1v) is 21.3. The summed E-state index contributed by atoms with van der Waals surface area (Å²) in [7, 11) is 8.49. The molecule has 1 aromatic rings. The van der Waals surface area contributed by atoms with Crippen LogP contribution in [-0.2, 0) is 44.6 Å². The SMILES string of the molecule is CCCOCCCNC(=O)C(Cc1ccccc1)NC(=O)[C@H](C)[C@@H](OC)[C@@H]1CCCN1C(=O)C[C@@H](OC)[C@H]([C@@H](C)CC)N(C)C(=O)[C@H](C)NC(=O)[C@H](C(C)C)N(C)C. The van der Waals surface area contributed by atoms with Crippen LogP contribution in [0.15, 0.2) is 30.3 Å². The molecule has 0 radical (unpaired) electrons. The molecule has 1 heterocycles. The molecule has 0 spiro atoms. The Hall–Kier alpha value is -3.59. The number of amides is 5. The highest BCUT2D eigenvalue weighted by molar-refractivity contribution is 5.90. The number of nitrogens with one attached hydrogen (secondary N) is 3. The largest absolute Gasteiger partial charge is 0.381 e. The van der Waals surface area contributed by atoms with E-state index in [1.807, 2.05) is 83.9 Å². The average Bonchev–Trinajstić information content (AvgIpc) is 3.68.